The van der Waals surface area contributed by atoms with Crippen LogP contribution < -0.4 is 4.90 Å². The van der Waals surface area contributed by atoms with Gasteiger partial charge in [0.1, 0.15) is 17.2 Å². The van der Waals surface area contributed by atoms with Crippen LogP contribution >= 0.6 is 0 Å². The molecule has 0 aliphatic carbocycles. The summed E-state index contributed by atoms with van der Waals surface area (Å²) in [5.41, 5.74) is 11.3. The zero-order chi connectivity index (χ0) is 40.3. The smallest absolute Gasteiger partial charge is 0.139 e. The van der Waals surface area contributed by atoms with Crippen LogP contribution in [0.25, 0.3) is 50.0 Å². The molecular formula is C52H51N4OPt-. The van der Waals surface area contributed by atoms with Crippen molar-refractivity contribution in [3.05, 3.63) is 162 Å². The van der Waals surface area contributed by atoms with Gasteiger partial charge in [0.05, 0.1) is 11.2 Å². The minimum Gasteiger partial charge on any atom is -0.506 e. The standard InChI is InChI=1S/C52H51N4O.Pt/c1-50(2,3)37-24-25-44-41(32-37)42-33-43(52(7,8)9)48(54-49(42)56(44)45-22-16-17-23-46(45)57)36-28-38(51(4,5)6)31-40(29-36)55(39-20-14-11-15-21-39)47-30-35(26-27-53-47)34-18-12-10-13-19-34;/h10-28,30-33,57H,1-9H3;/q-1;. The van der Waals surface area contributed by atoms with E-state index in [1.54, 1.807) is 6.07 Å². The van der Waals surface area contributed by atoms with Gasteiger partial charge in [0.2, 0.25) is 0 Å². The molecule has 58 heavy (non-hydrogen) atoms. The van der Waals surface area contributed by atoms with Crippen LogP contribution in [-0.2, 0) is 37.3 Å². The van der Waals surface area contributed by atoms with E-state index in [9.17, 15) is 5.11 Å². The van der Waals surface area contributed by atoms with Gasteiger partial charge < -0.3 is 10.0 Å². The largest absolute Gasteiger partial charge is 0.506 e. The second-order valence-corrected chi connectivity index (χ2v) is 18.2. The van der Waals surface area contributed by atoms with E-state index in [-0.39, 0.29) is 43.1 Å². The molecule has 0 fully saturated rings. The van der Waals surface area contributed by atoms with Crippen molar-refractivity contribution in [3.63, 3.8) is 0 Å². The van der Waals surface area contributed by atoms with Crippen LogP contribution in [0.5, 0.6) is 5.75 Å². The third-order valence-electron chi connectivity index (χ3n) is 10.9. The van der Waals surface area contributed by atoms with Crippen molar-refractivity contribution < 1.29 is 26.2 Å². The number of nitrogens with zero attached hydrogens (tertiary/aromatic N) is 4. The Labute approximate surface area is 357 Å². The van der Waals surface area contributed by atoms with Gasteiger partial charge in [-0.05, 0) is 92.8 Å². The van der Waals surface area contributed by atoms with Crippen LogP contribution in [0, 0.1) is 6.07 Å². The maximum absolute atomic E-state index is 11.3. The molecule has 0 aliphatic heterocycles. The van der Waals surface area contributed by atoms with Gasteiger partial charge in [-0.3, -0.25) is 9.55 Å². The van der Waals surface area contributed by atoms with Gasteiger partial charge in [0.15, 0.2) is 0 Å². The Balaban J connectivity index is 0.00000512. The number of aromatic hydroxyl groups is 1. The first-order valence-corrected chi connectivity index (χ1v) is 19.8. The van der Waals surface area contributed by atoms with E-state index < -0.39 is 0 Å². The molecule has 6 heteroatoms. The first kappa shape index (κ1) is 40.7. The molecule has 0 radical (unpaired) electrons. The van der Waals surface area contributed by atoms with E-state index in [0.29, 0.717) is 5.69 Å². The van der Waals surface area contributed by atoms with E-state index in [0.717, 1.165) is 72.6 Å². The average molecular weight is 943 g/mol. The van der Waals surface area contributed by atoms with Gasteiger partial charge in [0.25, 0.3) is 0 Å². The maximum Gasteiger partial charge on any atom is 0.139 e. The number of benzene rings is 5. The first-order valence-electron chi connectivity index (χ1n) is 19.8. The van der Waals surface area contributed by atoms with Crippen LogP contribution in [0.3, 0.4) is 0 Å². The fourth-order valence-corrected chi connectivity index (χ4v) is 7.63. The van der Waals surface area contributed by atoms with E-state index in [2.05, 4.69) is 175 Å². The normalized spacial score (nSPS) is 12.2. The van der Waals surface area contributed by atoms with E-state index in [1.807, 2.05) is 36.5 Å². The minimum atomic E-state index is -0.266. The average Bonchev–Trinajstić information content (AvgIpc) is 3.50. The predicted molar refractivity (Wildman–Crippen MR) is 239 cm³/mol. The van der Waals surface area contributed by atoms with Crippen LogP contribution in [0.1, 0.15) is 79.0 Å². The molecule has 0 atom stereocenters. The summed E-state index contributed by atoms with van der Waals surface area (Å²) in [5.74, 6) is 0.997. The van der Waals surface area contributed by atoms with Crippen molar-refractivity contribution in [3.8, 4) is 33.8 Å². The quantitative estimate of drug-likeness (QED) is 0.169. The summed E-state index contributed by atoms with van der Waals surface area (Å²) in [6.45, 7) is 20.3. The molecule has 5 aromatic carbocycles. The number of rotatable bonds is 6. The van der Waals surface area contributed by atoms with Crippen LogP contribution in [0.15, 0.2) is 140 Å². The Kier molecular flexibility index (Phi) is 10.8. The van der Waals surface area contributed by atoms with Crippen molar-refractivity contribution in [2.75, 3.05) is 4.90 Å². The Morgan fingerprint density at radius 2 is 1.26 bits per heavy atom. The fourth-order valence-electron chi connectivity index (χ4n) is 7.63. The van der Waals surface area contributed by atoms with Gasteiger partial charge >= 0.3 is 0 Å². The molecule has 5 nitrogen and oxygen atoms in total. The molecule has 296 valence electrons. The summed E-state index contributed by atoms with van der Waals surface area (Å²) in [6.07, 6.45) is 1.89. The molecule has 0 saturated carbocycles. The molecule has 1 N–H and O–H groups in total. The van der Waals surface area contributed by atoms with Crippen molar-refractivity contribution in [2.45, 2.75) is 78.6 Å². The molecule has 0 spiro atoms. The number of phenolic OH excluding ortho intramolecular Hbond substituents is 1. The number of hydrogen-bond acceptors (Lipinski definition) is 4. The zero-order valence-corrected chi connectivity index (χ0v) is 37.1. The van der Waals surface area contributed by atoms with Gasteiger partial charge in [-0.15, -0.1) is 29.3 Å². The monoisotopic (exact) mass is 942 g/mol. The zero-order valence-electron chi connectivity index (χ0n) is 34.8. The summed E-state index contributed by atoms with van der Waals surface area (Å²) < 4.78 is 2.12. The summed E-state index contributed by atoms with van der Waals surface area (Å²) in [4.78, 5) is 12.8. The molecular weight excluding hydrogens is 892 g/mol. The van der Waals surface area contributed by atoms with Crippen LogP contribution in [-0.4, -0.2) is 19.6 Å². The minimum absolute atomic E-state index is 0. The second kappa shape index (κ2) is 15.3. The third-order valence-corrected chi connectivity index (χ3v) is 10.9. The van der Waals surface area contributed by atoms with Crippen molar-refractivity contribution in [1.29, 1.82) is 0 Å². The number of fused-ring (bicyclic) bond motifs is 3. The van der Waals surface area contributed by atoms with Gasteiger partial charge in [-0.2, -0.15) is 0 Å². The van der Waals surface area contributed by atoms with Gasteiger partial charge in [0, 0.05) is 43.7 Å². The number of hydrogen-bond donors (Lipinski definition) is 1. The number of para-hydroxylation sites is 3. The van der Waals surface area contributed by atoms with Gasteiger partial charge in [-0.1, -0.05) is 141 Å². The molecule has 8 rings (SSSR count). The summed E-state index contributed by atoms with van der Waals surface area (Å²) in [5, 5.41) is 13.5. The molecule has 0 saturated heterocycles. The maximum atomic E-state index is 11.3. The topological polar surface area (TPSA) is 54.2 Å². The number of anilines is 3. The Bertz CT molecular complexity index is 2750. The molecule has 8 aromatic rings. The molecule has 0 aliphatic rings. The van der Waals surface area contributed by atoms with Crippen LogP contribution in [0.2, 0.25) is 0 Å². The Morgan fingerprint density at radius 3 is 1.91 bits per heavy atom. The fraction of sp³-hybridized carbons (Fsp3) is 0.231. The first-order chi connectivity index (χ1) is 27.1. The van der Waals surface area contributed by atoms with Crippen molar-refractivity contribution >= 4 is 39.1 Å². The molecule has 3 aromatic heterocycles. The van der Waals surface area contributed by atoms with Crippen molar-refractivity contribution in [2.24, 2.45) is 0 Å². The van der Waals surface area contributed by atoms with Crippen LogP contribution in [0.4, 0.5) is 17.2 Å². The third kappa shape index (κ3) is 7.73. The summed E-state index contributed by atoms with van der Waals surface area (Å²) in [7, 11) is 0. The predicted octanol–water partition coefficient (Wildman–Crippen LogP) is 13.8. The van der Waals surface area contributed by atoms with E-state index in [4.69, 9.17) is 9.97 Å². The number of phenols is 1. The van der Waals surface area contributed by atoms with Crippen molar-refractivity contribution in [1.82, 2.24) is 14.5 Å². The van der Waals surface area contributed by atoms with E-state index >= 15 is 0 Å². The molecule has 0 unspecified atom stereocenters. The SMILES string of the molecule is CC(C)(C)c1cc(-c2nc3c(cc2C(C)(C)C)c2cc(C(C)(C)C)ccc2n3-c2ccccc2O)[c-]c(N(c2ccccc2)c2cc(-c3ccccc3)ccn2)c1.[Pt]. The van der Waals surface area contributed by atoms with Gasteiger partial charge in [-0.25, -0.2) is 4.98 Å². The summed E-state index contributed by atoms with van der Waals surface area (Å²) in [6, 6.07) is 50.0. The Morgan fingerprint density at radius 1 is 0.603 bits per heavy atom. The second-order valence-electron chi connectivity index (χ2n) is 18.2. The molecule has 0 bridgehead atoms. The number of pyridine rings is 2. The summed E-state index contributed by atoms with van der Waals surface area (Å²) >= 11 is 0. The Hall–Kier alpha value is -5.51. The molecule has 0 amide bonds. The molecule has 3 heterocycles. The number of aromatic nitrogens is 3. The van der Waals surface area contributed by atoms with E-state index in [1.165, 1.54) is 5.56 Å².